The van der Waals surface area contributed by atoms with E-state index in [0.717, 1.165) is 13.0 Å². The Morgan fingerprint density at radius 3 is 2.56 bits per heavy atom. The Labute approximate surface area is 68.3 Å². The molecule has 1 N–H and O–H groups in total. The molecule has 0 aromatic carbocycles. The lowest BCUT2D eigenvalue weighted by Gasteiger charge is -1.93. The van der Waals surface area contributed by atoms with Crippen LogP contribution in [0.4, 0.5) is 0 Å². The highest BCUT2D eigenvalue weighted by atomic mass is 79.9. The van der Waals surface area contributed by atoms with Gasteiger partial charge in [0.05, 0.1) is 0 Å². The van der Waals surface area contributed by atoms with Crippen molar-refractivity contribution < 1.29 is 0 Å². The molecule has 0 aliphatic heterocycles. The SMILES string of the molecule is Br.C=CCCCCNC. The Hall–Kier alpha value is 0.180. The van der Waals surface area contributed by atoms with E-state index in [9.17, 15) is 0 Å². The van der Waals surface area contributed by atoms with Crippen LogP contribution in [0.1, 0.15) is 19.3 Å². The van der Waals surface area contributed by atoms with E-state index in [0.29, 0.717) is 0 Å². The van der Waals surface area contributed by atoms with E-state index >= 15 is 0 Å². The van der Waals surface area contributed by atoms with Gasteiger partial charge in [-0.05, 0) is 32.9 Å². The fraction of sp³-hybridized carbons (Fsp3) is 0.714. The lowest BCUT2D eigenvalue weighted by molar-refractivity contribution is 0.685. The Balaban J connectivity index is 0. The first-order chi connectivity index (χ1) is 3.91. The molecule has 0 fully saturated rings. The van der Waals surface area contributed by atoms with E-state index < -0.39 is 0 Å². The summed E-state index contributed by atoms with van der Waals surface area (Å²) in [5, 5.41) is 3.09. The Kier molecular flexibility index (Phi) is 14.6. The van der Waals surface area contributed by atoms with Gasteiger partial charge < -0.3 is 5.32 Å². The molecule has 0 radical (unpaired) electrons. The second kappa shape index (κ2) is 11.0. The molecule has 0 aliphatic rings. The maximum absolute atomic E-state index is 3.64. The first-order valence-corrected chi connectivity index (χ1v) is 3.17. The number of hydrogen-bond acceptors (Lipinski definition) is 1. The number of hydrogen-bond donors (Lipinski definition) is 1. The molecule has 0 bridgehead atoms. The molecule has 1 nitrogen and oxygen atoms in total. The minimum absolute atomic E-state index is 0. The van der Waals surface area contributed by atoms with Gasteiger partial charge in [-0.15, -0.1) is 23.6 Å². The van der Waals surface area contributed by atoms with Gasteiger partial charge in [0.15, 0.2) is 0 Å². The van der Waals surface area contributed by atoms with Crippen LogP contribution in [0, 0.1) is 0 Å². The van der Waals surface area contributed by atoms with Crippen LogP contribution in [0.3, 0.4) is 0 Å². The van der Waals surface area contributed by atoms with Crippen molar-refractivity contribution in [1.29, 1.82) is 0 Å². The van der Waals surface area contributed by atoms with Crippen LogP contribution in [-0.2, 0) is 0 Å². The lowest BCUT2D eigenvalue weighted by Crippen LogP contribution is -2.06. The molecule has 56 valence electrons. The van der Waals surface area contributed by atoms with Gasteiger partial charge in [-0.2, -0.15) is 0 Å². The summed E-state index contributed by atoms with van der Waals surface area (Å²) >= 11 is 0. The third kappa shape index (κ3) is 11.6. The van der Waals surface area contributed by atoms with E-state index in [4.69, 9.17) is 0 Å². The van der Waals surface area contributed by atoms with Crippen LogP contribution in [-0.4, -0.2) is 13.6 Å². The second-order valence-electron chi connectivity index (χ2n) is 1.89. The van der Waals surface area contributed by atoms with Gasteiger partial charge >= 0.3 is 0 Å². The summed E-state index contributed by atoms with van der Waals surface area (Å²) < 4.78 is 0. The zero-order valence-corrected chi connectivity index (χ0v) is 7.73. The molecule has 0 amide bonds. The van der Waals surface area contributed by atoms with E-state index in [2.05, 4.69) is 11.9 Å². The van der Waals surface area contributed by atoms with E-state index in [-0.39, 0.29) is 17.0 Å². The van der Waals surface area contributed by atoms with Crippen LogP contribution in [0.25, 0.3) is 0 Å². The predicted molar refractivity (Wildman–Crippen MR) is 48.3 cm³/mol. The molecule has 0 aromatic heterocycles. The van der Waals surface area contributed by atoms with Crippen LogP contribution in [0.15, 0.2) is 12.7 Å². The zero-order chi connectivity index (χ0) is 6.24. The maximum atomic E-state index is 3.64. The Bertz CT molecular complexity index is 54.9. The molecule has 0 aromatic rings. The van der Waals surface area contributed by atoms with Crippen molar-refractivity contribution >= 4 is 17.0 Å². The molecule has 9 heavy (non-hydrogen) atoms. The third-order valence-corrected chi connectivity index (χ3v) is 1.09. The van der Waals surface area contributed by atoms with Crippen molar-refractivity contribution in [1.82, 2.24) is 5.32 Å². The van der Waals surface area contributed by atoms with Crippen LogP contribution in [0.5, 0.6) is 0 Å². The van der Waals surface area contributed by atoms with Crippen molar-refractivity contribution in [3.8, 4) is 0 Å². The van der Waals surface area contributed by atoms with Gasteiger partial charge in [0, 0.05) is 0 Å². The molecule has 0 saturated carbocycles. The summed E-state index contributed by atoms with van der Waals surface area (Å²) in [6.45, 7) is 4.77. The first kappa shape index (κ1) is 11.9. The van der Waals surface area contributed by atoms with E-state index in [1.807, 2.05) is 13.1 Å². The third-order valence-electron chi connectivity index (χ3n) is 1.09. The molecule has 0 aliphatic carbocycles. The van der Waals surface area contributed by atoms with Crippen molar-refractivity contribution in [3.63, 3.8) is 0 Å². The number of rotatable bonds is 5. The highest BCUT2D eigenvalue weighted by Crippen LogP contribution is 1.92. The quantitative estimate of drug-likeness (QED) is 0.522. The average molecular weight is 194 g/mol. The fourth-order valence-electron chi connectivity index (χ4n) is 0.590. The Morgan fingerprint density at radius 2 is 2.11 bits per heavy atom. The molecule has 0 heterocycles. The van der Waals surface area contributed by atoms with Gasteiger partial charge in [-0.1, -0.05) is 6.08 Å². The summed E-state index contributed by atoms with van der Waals surface area (Å²) in [6, 6.07) is 0. The topological polar surface area (TPSA) is 12.0 Å². The summed E-state index contributed by atoms with van der Waals surface area (Å²) in [4.78, 5) is 0. The minimum Gasteiger partial charge on any atom is -0.320 e. The normalized spacial score (nSPS) is 8.11. The van der Waals surface area contributed by atoms with Crippen molar-refractivity contribution in [3.05, 3.63) is 12.7 Å². The maximum Gasteiger partial charge on any atom is -0.00518 e. The highest BCUT2D eigenvalue weighted by molar-refractivity contribution is 8.93. The smallest absolute Gasteiger partial charge is 0.00518 e. The fourth-order valence-corrected chi connectivity index (χ4v) is 0.590. The lowest BCUT2D eigenvalue weighted by atomic mass is 10.2. The van der Waals surface area contributed by atoms with Crippen LogP contribution >= 0.6 is 17.0 Å². The summed E-state index contributed by atoms with van der Waals surface area (Å²) in [5.41, 5.74) is 0. The zero-order valence-electron chi connectivity index (χ0n) is 6.02. The highest BCUT2D eigenvalue weighted by Gasteiger charge is 1.80. The van der Waals surface area contributed by atoms with Gasteiger partial charge in [0.25, 0.3) is 0 Å². The van der Waals surface area contributed by atoms with E-state index in [1.54, 1.807) is 0 Å². The van der Waals surface area contributed by atoms with Crippen LogP contribution in [0.2, 0.25) is 0 Å². The molecule has 0 atom stereocenters. The summed E-state index contributed by atoms with van der Waals surface area (Å²) in [7, 11) is 1.98. The van der Waals surface area contributed by atoms with Gasteiger partial charge in [-0.3, -0.25) is 0 Å². The minimum atomic E-state index is 0. The largest absolute Gasteiger partial charge is 0.320 e. The van der Waals surface area contributed by atoms with E-state index in [1.165, 1.54) is 12.8 Å². The van der Waals surface area contributed by atoms with Gasteiger partial charge in [-0.25, -0.2) is 0 Å². The number of allylic oxidation sites excluding steroid dienone is 1. The summed E-state index contributed by atoms with van der Waals surface area (Å²) in [5.74, 6) is 0. The first-order valence-electron chi connectivity index (χ1n) is 3.17. The molecule has 0 unspecified atom stereocenters. The monoisotopic (exact) mass is 193 g/mol. The number of halogens is 1. The molecule has 0 rings (SSSR count). The van der Waals surface area contributed by atoms with Crippen molar-refractivity contribution in [2.45, 2.75) is 19.3 Å². The molecule has 2 heteroatoms. The average Bonchev–Trinajstić information content (AvgIpc) is 1.81. The molecular weight excluding hydrogens is 178 g/mol. The van der Waals surface area contributed by atoms with Crippen LogP contribution < -0.4 is 5.32 Å². The van der Waals surface area contributed by atoms with Crippen molar-refractivity contribution in [2.75, 3.05) is 13.6 Å². The molecular formula is C7H16BrN. The standard InChI is InChI=1S/C7H15N.BrH/c1-3-4-5-6-7-8-2;/h3,8H,1,4-7H2,2H3;1H. The molecule has 0 saturated heterocycles. The molecule has 0 spiro atoms. The number of unbranched alkanes of at least 4 members (excludes halogenated alkanes) is 2. The number of nitrogens with one attached hydrogen (secondary N) is 1. The predicted octanol–water partition coefficient (Wildman–Crippen LogP) is 2.14. The van der Waals surface area contributed by atoms with Gasteiger partial charge in [0.2, 0.25) is 0 Å². The second-order valence-corrected chi connectivity index (χ2v) is 1.89. The summed E-state index contributed by atoms with van der Waals surface area (Å²) in [6.07, 6.45) is 5.66. The van der Waals surface area contributed by atoms with Crippen molar-refractivity contribution in [2.24, 2.45) is 0 Å². The Morgan fingerprint density at radius 1 is 1.44 bits per heavy atom. The van der Waals surface area contributed by atoms with Gasteiger partial charge in [0.1, 0.15) is 0 Å².